The molecule has 100 valence electrons. The number of nitrogens with one attached hydrogen (secondary N) is 1. The first kappa shape index (κ1) is 13.3. The maximum absolute atomic E-state index is 12.1. The van der Waals surface area contributed by atoms with Crippen LogP contribution in [0.25, 0.3) is 0 Å². The number of aromatic nitrogens is 4. The van der Waals surface area contributed by atoms with Crippen LogP contribution in [-0.4, -0.2) is 25.7 Å². The molecule has 0 aliphatic heterocycles. The number of hydrogen-bond acceptors (Lipinski definition) is 5. The molecule has 8 heteroatoms. The first-order valence-corrected chi connectivity index (χ1v) is 5.93. The molecule has 0 spiro atoms. The highest BCUT2D eigenvalue weighted by Gasteiger charge is 2.18. The Kier molecular flexibility index (Phi) is 3.66. The summed E-state index contributed by atoms with van der Waals surface area (Å²) < 4.78 is 1.72. The molecule has 3 N–H and O–H groups in total. The van der Waals surface area contributed by atoms with Crippen LogP contribution in [-0.2, 0) is 7.05 Å². The number of nitrogens with zero attached hydrogens (tertiary/aromatic N) is 4. The van der Waals surface area contributed by atoms with Crippen molar-refractivity contribution in [1.29, 1.82) is 0 Å². The third-order valence-electron chi connectivity index (χ3n) is 2.56. The maximum Gasteiger partial charge on any atom is 0.272 e. The molecule has 7 nitrogen and oxygen atoms in total. The predicted molar refractivity (Wildman–Crippen MR) is 70.5 cm³/mol. The molecule has 1 unspecified atom stereocenters. The molecule has 2 heterocycles. The van der Waals surface area contributed by atoms with Gasteiger partial charge in [0.1, 0.15) is 17.8 Å². The van der Waals surface area contributed by atoms with Crippen molar-refractivity contribution in [2.24, 2.45) is 7.05 Å². The van der Waals surface area contributed by atoms with Gasteiger partial charge in [0.05, 0.1) is 11.1 Å². The van der Waals surface area contributed by atoms with Gasteiger partial charge < -0.3 is 15.6 Å². The van der Waals surface area contributed by atoms with Gasteiger partial charge in [-0.05, 0) is 19.1 Å². The van der Waals surface area contributed by atoms with E-state index in [4.69, 9.17) is 17.3 Å². The summed E-state index contributed by atoms with van der Waals surface area (Å²) in [5.41, 5.74) is 5.63. The van der Waals surface area contributed by atoms with Gasteiger partial charge in [0.25, 0.3) is 5.91 Å². The molecular formula is C11H13ClN6O. The number of rotatable bonds is 3. The summed E-state index contributed by atoms with van der Waals surface area (Å²) in [5, 5.41) is 10.7. The highest BCUT2D eigenvalue weighted by atomic mass is 35.5. The van der Waals surface area contributed by atoms with Crippen molar-refractivity contribution >= 4 is 23.3 Å². The number of nitrogen functional groups attached to an aromatic ring is 1. The summed E-state index contributed by atoms with van der Waals surface area (Å²) in [4.78, 5) is 16.0. The lowest BCUT2D eigenvalue weighted by molar-refractivity contribution is 0.0933. The Labute approximate surface area is 114 Å². The SMILES string of the molecule is CC(NC(=O)c1nc(N)ccc1Cl)c1nncn1C. The zero-order valence-electron chi connectivity index (χ0n) is 10.5. The van der Waals surface area contributed by atoms with Gasteiger partial charge in [0.2, 0.25) is 0 Å². The number of halogens is 1. The van der Waals surface area contributed by atoms with E-state index < -0.39 is 5.91 Å². The van der Waals surface area contributed by atoms with Crippen LogP contribution in [0.2, 0.25) is 5.02 Å². The molecule has 1 amide bonds. The zero-order valence-corrected chi connectivity index (χ0v) is 11.2. The minimum atomic E-state index is -0.409. The van der Waals surface area contributed by atoms with Gasteiger partial charge in [0, 0.05) is 7.05 Å². The summed E-state index contributed by atoms with van der Waals surface area (Å²) in [6.45, 7) is 1.79. The van der Waals surface area contributed by atoms with Crippen LogP contribution in [0.5, 0.6) is 0 Å². The number of carbonyl (C=O) groups is 1. The molecule has 0 radical (unpaired) electrons. The quantitative estimate of drug-likeness (QED) is 0.872. The van der Waals surface area contributed by atoms with Gasteiger partial charge in [-0.15, -0.1) is 10.2 Å². The number of aryl methyl sites for hydroxylation is 1. The van der Waals surface area contributed by atoms with Crippen LogP contribution in [0, 0.1) is 0 Å². The van der Waals surface area contributed by atoms with E-state index >= 15 is 0 Å². The van der Waals surface area contributed by atoms with Crippen LogP contribution in [0.15, 0.2) is 18.5 Å². The molecular weight excluding hydrogens is 268 g/mol. The molecule has 0 aliphatic carbocycles. The average Bonchev–Trinajstić information content (AvgIpc) is 2.78. The summed E-state index contributed by atoms with van der Waals surface area (Å²) in [6.07, 6.45) is 1.56. The minimum absolute atomic E-state index is 0.0932. The van der Waals surface area contributed by atoms with Gasteiger partial charge in [-0.1, -0.05) is 11.6 Å². The van der Waals surface area contributed by atoms with Crippen LogP contribution in [0.4, 0.5) is 5.82 Å². The number of pyridine rings is 1. The molecule has 0 fully saturated rings. The lowest BCUT2D eigenvalue weighted by atomic mass is 10.2. The molecule has 1 atom stereocenters. The van der Waals surface area contributed by atoms with Gasteiger partial charge >= 0.3 is 0 Å². The Morgan fingerprint density at radius 1 is 1.53 bits per heavy atom. The smallest absolute Gasteiger partial charge is 0.272 e. The van der Waals surface area contributed by atoms with Crippen LogP contribution in [0.1, 0.15) is 29.3 Å². The Hall–Kier alpha value is -2.15. The minimum Gasteiger partial charge on any atom is -0.384 e. The molecule has 2 rings (SSSR count). The highest BCUT2D eigenvalue weighted by molar-refractivity contribution is 6.33. The molecule has 2 aromatic rings. The number of carbonyl (C=O) groups excluding carboxylic acids is 1. The summed E-state index contributed by atoms with van der Waals surface area (Å²) >= 11 is 5.92. The fourth-order valence-electron chi connectivity index (χ4n) is 1.63. The van der Waals surface area contributed by atoms with Crippen LogP contribution >= 0.6 is 11.6 Å². The Morgan fingerprint density at radius 2 is 2.26 bits per heavy atom. The molecule has 0 saturated heterocycles. The van der Waals surface area contributed by atoms with Crippen molar-refractivity contribution in [3.8, 4) is 0 Å². The predicted octanol–water partition coefficient (Wildman–Crippen LogP) is 0.937. The van der Waals surface area contributed by atoms with Gasteiger partial charge in [0.15, 0.2) is 5.82 Å². The lowest BCUT2D eigenvalue weighted by Crippen LogP contribution is -2.29. The molecule has 19 heavy (non-hydrogen) atoms. The van der Waals surface area contributed by atoms with Crippen LogP contribution < -0.4 is 11.1 Å². The van der Waals surface area contributed by atoms with Crippen molar-refractivity contribution < 1.29 is 4.79 Å². The molecule has 0 aliphatic rings. The number of nitrogens with two attached hydrogens (primary N) is 1. The molecule has 0 aromatic carbocycles. The van der Waals surface area contributed by atoms with E-state index in [1.165, 1.54) is 12.1 Å². The third-order valence-corrected chi connectivity index (χ3v) is 2.87. The zero-order chi connectivity index (χ0) is 14.0. The number of hydrogen-bond donors (Lipinski definition) is 2. The van der Waals surface area contributed by atoms with E-state index in [9.17, 15) is 4.79 Å². The first-order chi connectivity index (χ1) is 8.99. The summed E-state index contributed by atoms with van der Waals surface area (Å²) in [7, 11) is 1.80. The molecule has 2 aromatic heterocycles. The second-order valence-corrected chi connectivity index (χ2v) is 4.47. The molecule has 0 saturated carbocycles. The monoisotopic (exact) mass is 280 g/mol. The Balaban J connectivity index is 2.17. The first-order valence-electron chi connectivity index (χ1n) is 5.56. The van der Waals surface area contributed by atoms with Crippen molar-refractivity contribution in [2.75, 3.05) is 5.73 Å². The van der Waals surface area contributed by atoms with Crippen LogP contribution in [0.3, 0.4) is 0 Å². The fourth-order valence-corrected chi connectivity index (χ4v) is 1.82. The van der Waals surface area contributed by atoms with Crippen molar-refractivity contribution in [3.05, 3.63) is 35.0 Å². The van der Waals surface area contributed by atoms with Gasteiger partial charge in [-0.25, -0.2) is 4.98 Å². The summed E-state index contributed by atoms with van der Waals surface area (Å²) in [6, 6.07) is 2.75. The lowest BCUT2D eigenvalue weighted by Gasteiger charge is -2.13. The van der Waals surface area contributed by atoms with Crippen molar-refractivity contribution in [2.45, 2.75) is 13.0 Å². The van der Waals surface area contributed by atoms with Crippen molar-refractivity contribution in [3.63, 3.8) is 0 Å². The molecule has 0 bridgehead atoms. The Morgan fingerprint density at radius 3 is 2.89 bits per heavy atom. The largest absolute Gasteiger partial charge is 0.384 e. The van der Waals surface area contributed by atoms with E-state index in [0.717, 1.165) is 0 Å². The van der Waals surface area contributed by atoms with E-state index in [0.29, 0.717) is 5.82 Å². The number of amides is 1. The second kappa shape index (κ2) is 5.23. The van der Waals surface area contributed by atoms with Crippen molar-refractivity contribution in [1.82, 2.24) is 25.1 Å². The fraction of sp³-hybridized carbons (Fsp3) is 0.273. The van der Waals surface area contributed by atoms with E-state index in [-0.39, 0.29) is 22.6 Å². The normalized spacial score (nSPS) is 12.2. The van der Waals surface area contributed by atoms with Gasteiger partial charge in [-0.2, -0.15) is 0 Å². The third kappa shape index (κ3) is 2.82. The highest BCUT2D eigenvalue weighted by Crippen LogP contribution is 2.16. The number of anilines is 1. The second-order valence-electron chi connectivity index (χ2n) is 4.06. The standard InChI is InChI=1S/C11H13ClN6O/c1-6(10-17-14-5-18(10)2)15-11(19)9-7(12)3-4-8(13)16-9/h3-6H,1-2H3,(H2,13,16)(H,15,19). The van der Waals surface area contributed by atoms with E-state index in [1.807, 2.05) is 0 Å². The van der Waals surface area contributed by atoms with E-state index in [2.05, 4.69) is 20.5 Å². The Bertz CT molecular complexity index is 611. The maximum atomic E-state index is 12.1. The average molecular weight is 281 g/mol. The summed E-state index contributed by atoms with van der Waals surface area (Å²) in [5.74, 6) is 0.460. The van der Waals surface area contributed by atoms with Gasteiger partial charge in [-0.3, -0.25) is 4.79 Å². The topological polar surface area (TPSA) is 98.7 Å². The van der Waals surface area contributed by atoms with E-state index in [1.54, 1.807) is 24.9 Å².